The van der Waals surface area contributed by atoms with Crippen molar-refractivity contribution in [3.63, 3.8) is 0 Å². The number of nitrogens with zero attached hydrogens (tertiary/aromatic N) is 3. The Morgan fingerprint density at radius 1 is 1.61 bits per heavy atom. The lowest BCUT2D eigenvalue weighted by atomic mass is 10.1. The van der Waals surface area contributed by atoms with Gasteiger partial charge in [0.2, 0.25) is 11.7 Å². The molecule has 1 aliphatic heterocycles. The molecule has 0 spiro atoms. The van der Waals surface area contributed by atoms with E-state index in [0.717, 1.165) is 12.1 Å². The summed E-state index contributed by atoms with van der Waals surface area (Å²) in [6.45, 7) is 1.63. The standard InChI is InChI=1S/C12H14N4O2/c17-11(9-2-5-18-8-9)14-6-10-7-16-4-1-3-13-12(16)15-10/h1,3-4,7,9H,2,5-6,8H2,(H,14,17). The third kappa shape index (κ3) is 2.19. The molecule has 1 aliphatic rings. The average Bonchev–Trinajstić information content (AvgIpc) is 3.04. The van der Waals surface area contributed by atoms with Crippen LogP contribution in [0.1, 0.15) is 12.1 Å². The van der Waals surface area contributed by atoms with Crippen LogP contribution >= 0.6 is 0 Å². The number of imidazole rings is 1. The summed E-state index contributed by atoms with van der Waals surface area (Å²) in [4.78, 5) is 20.2. The number of ether oxygens (including phenoxy) is 1. The van der Waals surface area contributed by atoms with Crippen LogP contribution in [0.5, 0.6) is 0 Å². The van der Waals surface area contributed by atoms with Gasteiger partial charge in [-0.2, -0.15) is 0 Å². The van der Waals surface area contributed by atoms with E-state index in [1.807, 2.05) is 22.9 Å². The van der Waals surface area contributed by atoms with Crippen molar-refractivity contribution >= 4 is 11.7 Å². The maximum Gasteiger partial charge on any atom is 0.233 e. The predicted molar refractivity (Wildman–Crippen MR) is 63.8 cm³/mol. The SMILES string of the molecule is O=C(NCc1cn2cccnc2n1)C1CCOC1. The summed E-state index contributed by atoms with van der Waals surface area (Å²) < 4.78 is 7.02. The van der Waals surface area contributed by atoms with E-state index in [2.05, 4.69) is 15.3 Å². The van der Waals surface area contributed by atoms with Gasteiger partial charge in [0, 0.05) is 25.2 Å². The van der Waals surface area contributed by atoms with Gasteiger partial charge in [0.1, 0.15) is 0 Å². The second kappa shape index (κ2) is 4.73. The Kier molecular flexibility index (Phi) is 2.93. The zero-order valence-electron chi connectivity index (χ0n) is 9.87. The first kappa shape index (κ1) is 11.2. The normalized spacial score (nSPS) is 19.2. The molecule has 2 aromatic rings. The Morgan fingerprint density at radius 3 is 3.33 bits per heavy atom. The van der Waals surface area contributed by atoms with Crippen molar-refractivity contribution in [2.75, 3.05) is 13.2 Å². The van der Waals surface area contributed by atoms with E-state index in [1.165, 1.54) is 0 Å². The maximum absolute atomic E-state index is 11.8. The lowest BCUT2D eigenvalue weighted by Gasteiger charge is -2.07. The van der Waals surface area contributed by atoms with Crippen LogP contribution in [-0.4, -0.2) is 33.5 Å². The van der Waals surface area contributed by atoms with E-state index in [4.69, 9.17) is 4.74 Å². The largest absolute Gasteiger partial charge is 0.381 e. The minimum absolute atomic E-state index is 0.0137. The Hall–Kier alpha value is -1.95. The van der Waals surface area contributed by atoms with Crippen molar-refractivity contribution in [3.05, 3.63) is 30.4 Å². The number of aromatic nitrogens is 3. The molecule has 0 aliphatic carbocycles. The van der Waals surface area contributed by atoms with E-state index in [-0.39, 0.29) is 11.8 Å². The van der Waals surface area contributed by atoms with Gasteiger partial charge in [-0.25, -0.2) is 9.97 Å². The molecule has 94 valence electrons. The zero-order chi connectivity index (χ0) is 12.4. The first-order valence-electron chi connectivity index (χ1n) is 5.97. The molecule has 1 N–H and O–H groups in total. The highest BCUT2D eigenvalue weighted by atomic mass is 16.5. The number of rotatable bonds is 3. The van der Waals surface area contributed by atoms with E-state index in [0.29, 0.717) is 25.5 Å². The summed E-state index contributed by atoms with van der Waals surface area (Å²) >= 11 is 0. The minimum Gasteiger partial charge on any atom is -0.381 e. The van der Waals surface area contributed by atoms with Gasteiger partial charge in [0.15, 0.2) is 0 Å². The molecule has 1 fully saturated rings. The molecule has 6 heteroatoms. The first-order chi connectivity index (χ1) is 8.83. The maximum atomic E-state index is 11.8. The first-order valence-corrected chi connectivity index (χ1v) is 5.97. The summed E-state index contributed by atoms with van der Waals surface area (Å²) in [5.74, 6) is 0.670. The van der Waals surface area contributed by atoms with Crippen molar-refractivity contribution in [2.45, 2.75) is 13.0 Å². The predicted octanol–water partition coefficient (Wildman–Crippen LogP) is 0.382. The monoisotopic (exact) mass is 246 g/mol. The van der Waals surface area contributed by atoms with Gasteiger partial charge >= 0.3 is 0 Å². The number of carbonyl (C=O) groups excluding carboxylic acids is 1. The van der Waals surface area contributed by atoms with Gasteiger partial charge < -0.3 is 10.1 Å². The second-order valence-electron chi connectivity index (χ2n) is 4.34. The van der Waals surface area contributed by atoms with Crippen LogP contribution in [0.2, 0.25) is 0 Å². The van der Waals surface area contributed by atoms with Gasteiger partial charge in [-0.05, 0) is 12.5 Å². The summed E-state index contributed by atoms with van der Waals surface area (Å²) in [7, 11) is 0. The van der Waals surface area contributed by atoms with Crippen LogP contribution < -0.4 is 5.32 Å². The fourth-order valence-corrected chi connectivity index (χ4v) is 2.03. The molecule has 1 saturated heterocycles. The van der Waals surface area contributed by atoms with Crippen LogP contribution in [-0.2, 0) is 16.1 Å². The lowest BCUT2D eigenvalue weighted by Crippen LogP contribution is -2.30. The topological polar surface area (TPSA) is 68.5 Å². The third-order valence-electron chi connectivity index (χ3n) is 3.03. The number of hydrogen-bond donors (Lipinski definition) is 1. The van der Waals surface area contributed by atoms with Crippen LogP contribution in [0.3, 0.4) is 0 Å². The fraction of sp³-hybridized carbons (Fsp3) is 0.417. The Morgan fingerprint density at radius 2 is 2.56 bits per heavy atom. The highest BCUT2D eigenvalue weighted by molar-refractivity contribution is 5.78. The van der Waals surface area contributed by atoms with E-state index >= 15 is 0 Å². The van der Waals surface area contributed by atoms with Crippen molar-refractivity contribution < 1.29 is 9.53 Å². The van der Waals surface area contributed by atoms with Crippen LogP contribution in [0.25, 0.3) is 5.78 Å². The summed E-state index contributed by atoms with van der Waals surface area (Å²) in [5, 5.41) is 2.88. The van der Waals surface area contributed by atoms with Crippen LogP contribution in [0.15, 0.2) is 24.7 Å². The highest BCUT2D eigenvalue weighted by Gasteiger charge is 2.23. The van der Waals surface area contributed by atoms with E-state index < -0.39 is 0 Å². The molecule has 0 bridgehead atoms. The molecule has 6 nitrogen and oxygen atoms in total. The smallest absolute Gasteiger partial charge is 0.233 e. The average molecular weight is 246 g/mol. The molecule has 0 aromatic carbocycles. The Balaban J connectivity index is 1.63. The van der Waals surface area contributed by atoms with Crippen molar-refractivity contribution in [1.29, 1.82) is 0 Å². The van der Waals surface area contributed by atoms with Gasteiger partial charge in [0.25, 0.3) is 0 Å². The summed E-state index contributed by atoms with van der Waals surface area (Å²) in [6, 6.07) is 1.84. The molecule has 2 aromatic heterocycles. The van der Waals surface area contributed by atoms with Gasteiger partial charge in [-0.3, -0.25) is 9.20 Å². The molecule has 0 saturated carbocycles. The van der Waals surface area contributed by atoms with E-state index in [9.17, 15) is 4.79 Å². The molecule has 3 rings (SSSR count). The lowest BCUT2D eigenvalue weighted by molar-refractivity contribution is -0.125. The summed E-state index contributed by atoms with van der Waals surface area (Å²) in [5.41, 5.74) is 0.806. The molecular formula is C12H14N4O2. The van der Waals surface area contributed by atoms with Gasteiger partial charge in [-0.1, -0.05) is 0 Å². The summed E-state index contributed by atoms with van der Waals surface area (Å²) in [6.07, 6.45) is 6.25. The minimum atomic E-state index is -0.0137. The number of amides is 1. The zero-order valence-corrected chi connectivity index (χ0v) is 9.87. The Labute approximate surface area is 104 Å². The highest BCUT2D eigenvalue weighted by Crippen LogP contribution is 2.12. The Bertz CT molecular complexity index is 527. The van der Waals surface area contributed by atoms with Gasteiger partial charge in [-0.15, -0.1) is 0 Å². The molecule has 1 atom stereocenters. The number of carbonyl (C=O) groups is 1. The van der Waals surface area contributed by atoms with Crippen LogP contribution in [0.4, 0.5) is 0 Å². The van der Waals surface area contributed by atoms with Crippen molar-refractivity contribution in [3.8, 4) is 0 Å². The third-order valence-corrected chi connectivity index (χ3v) is 3.03. The molecule has 1 unspecified atom stereocenters. The number of nitrogens with one attached hydrogen (secondary N) is 1. The fourth-order valence-electron chi connectivity index (χ4n) is 2.03. The van der Waals surface area contributed by atoms with Gasteiger partial charge in [0.05, 0.1) is 24.8 Å². The van der Waals surface area contributed by atoms with Crippen molar-refractivity contribution in [1.82, 2.24) is 19.7 Å². The second-order valence-corrected chi connectivity index (χ2v) is 4.34. The van der Waals surface area contributed by atoms with E-state index in [1.54, 1.807) is 6.20 Å². The number of fused-ring (bicyclic) bond motifs is 1. The van der Waals surface area contributed by atoms with Crippen molar-refractivity contribution in [2.24, 2.45) is 5.92 Å². The number of hydrogen-bond acceptors (Lipinski definition) is 4. The van der Waals surface area contributed by atoms with Crippen LogP contribution in [0, 0.1) is 5.92 Å². The molecule has 18 heavy (non-hydrogen) atoms. The molecule has 3 heterocycles. The quantitative estimate of drug-likeness (QED) is 0.850. The molecule has 1 amide bonds. The molecule has 0 radical (unpaired) electrons. The molecular weight excluding hydrogens is 232 g/mol.